The van der Waals surface area contributed by atoms with Crippen LogP contribution in [0.15, 0.2) is 29.5 Å². The van der Waals surface area contributed by atoms with Gasteiger partial charge in [0, 0.05) is 19.1 Å². The van der Waals surface area contributed by atoms with Crippen LogP contribution < -0.4 is 5.32 Å². The van der Waals surface area contributed by atoms with Gasteiger partial charge in [0.25, 0.3) is 0 Å². The Bertz CT molecular complexity index is 308. The fourth-order valence-corrected chi connectivity index (χ4v) is 1.94. The van der Waals surface area contributed by atoms with Gasteiger partial charge in [0.15, 0.2) is 0 Å². The van der Waals surface area contributed by atoms with Gasteiger partial charge in [0.05, 0.1) is 0 Å². The summed E-state index contributed by atoms with van der Waals surface area (Å²) in [4.78, 5) is 10.9. The lowest BCUT2D eigenvalue weighted by molar-refractivity contribution is -0.116. The molecule has 0 fully saturated rings. The molecule has 15 heavy (non-hydrogen) atoms. The van der Waals surface area contributed by atoms with Crippen LogP contribution in [-0.4, -0.2) is 24.2 Å². The Morgan fingerprint density at radius 2 is 2.53 bits per heavy atom. The summed E-state index contributed by atoms with van der Waals surface area (Å²) in [7, 11) is 0. The van der Waals surface area contributed by atoms with Crippen molar-refractivity contribution >= 4 is 17.2 Å². The number of aliphatic hydroxyl groups is 1. The van der Waals surface area contributed by atoms with Crippen LogP contribution in [0.5, 0.6) is 0 Å². The van der Waals surface area contributed by atoms with Crippen molar-refractivity contribution in [3.8, 4) is 0 Å². The zero-order chi connectivity index (χ0) is 11.1. The summed E-state index contributed by atoms with van der Waals surface area (Å²) >= 11 is 1.64. The Balaban J connectivity index is 2.36. The topological polar surface area (TPSA) is 49.3 Å². The molecule has 0 aliphatic heterocycles. The summed E-state index contributed by atoms with van der Waals surface area (Å²) < 4.78 is 0. The van der Waals surface area contributed by atoms with Crippen LogP contribution in [0.2, 0.25) is 0 Å². The van der Waals surface area contributed by atoms with Gasteiger partial charge in [-0.1, -0.05) is 6.58 Å². The van der Waals surface area contributed by atoms with Crippen LogP contribution in [0.4, 0.5) is 0 Å². The first kappa shape index (κ1) is 11.9. The molecule has 4 heteroatoms. The van der Waals surface area contributed by atoms with Crippen molar-refractivity contribution in [3.05, 3.63) is 35.0 Å². The summed E-state index contributed by atoms with van der Waals surface area (Å²) in [5, 5.41) is 15.9. The SMILES string of the molecule is C=CC(=O)NCC(CO)Cc1ccsc1. The van der Waals surface area contributed by atoms with Gasteiger partial charge in [-0.3, -0.25) is 4.79 Å². The predicted octanol–water partition coefficient (Wildman–Crippen LogP) is 1.20. The molecule has 1 rings (SSSR count). The van der Waals surface area contributed by atoms with E-state index in [0.717, 1.165) is 6.42 Å². The van der Waals surface area contributed by atoms with Crippen LogP contribution >= 0.6 is 11.3 Å². The summed E-state index contributed by atoms with van der Waals surface area (Å²) in [5.41, 5.74) is 1.20. The molecule has 1 atom stereocenters. The van der Waals surface area contributed by atoms with Gasteiger partial charge in [0.2, 0.25) is 5.91 Å². The third-order valence-corrected chi connectivity index (χ3v) is 2.85. The summed E-state index contributed by atoms with van der Waals surface area (Å²) in [5.74, 6) is -0.123. The molecule has 1 heterocycles. The van der Waals surface area contributed by atoms with Gasteiger partial charge < -0.3 is 10.4 Å². The molecule has 1 unspecified atom stereocenters. The monoisotopic (exact) mass is 225 g/mol. The number of thiophene rings is 1. The van der Waals surface area contributed by atoms with E-state index in [1.807, 2.05) is 11.4 Å². The van der Waals surface area contributed by atoms with E-state index < -0.39 is 0 Å². The molecule has 3 nitrogen and oxygen atoms in total. The van der Waals surface area contributed by atoms with Crippen molar-refractivity contribution < 1.29 is 9.90 Å². The van der Waals surface area contributed by atoms with Crippen LogP contribution in [-0.2, 0) is 11.2 Å². The van der Waals surface area contributed by atoms with E-state index in [-0.39, 0.29) is 18.4 Å². The largest absolute Gasteiger partial charge is 0.396 e. The first-order valence-corrected chi connectivity index (χ1v) is 5.72. The predicted molar refractivity (Wildman–Crippen MR) is 61.8 cm³/mol. The Kier molecular flexibility index (Phi) is 5.07. The van der Waals surface area contributed by atoms with Gasteiger partial charge in [0.1, 0.15) is 0 Å². The normalized spacial score (nSPS) is 12.1. The first-order chi connectivity index (χ1) is 7.26. The number of amides is 1. The molecule has 82 valence electrons. The maximum Gasteiger partial charge on any atom is 0.243 e. The zero-order valence-corrected chi connectivity index (χ0v) is 9.30. The standard InChI is InChI=1S/C11H15NO2S/c1-2-11(14)12-6-10(7-13)5-9-3-4-15-8-9/h2-4,8,10,13H,1,5-7H2,(H,12,14). The highest BCUT2D eigenvalue weighted by Crippen LogP contribution is 2.11. The Morgan fingerprint density at radius 1 is 1.73 bits per heavy atom. The fraction of sp³-hybridized carbons (Fsp3) is 0.364. The Hall–Kier alpha value is -1.13. The number of hydrogen-bond donors (Lipinski definition) is 2. The highest BCUT2D eigenvalue weighted by atomic mass is 32.1. The van der Waals surface area contributed by atoms with Crippen molar-refractivity contribution in [2.24, 2.45) is 5.92 Å². The van der Waals surface area contributed by atoms with E-state index >= 15 is 0 Å². The minimum atomic E-state index is -0.196. The molecule has 0 aliphatic carbocycles. The quantitative estimate of drug-likeness (QED) is 0.715. The lowest BCUT2D eigenvalue weighted by Gasteiger charge is -2.13. The molecule has 0 saturated heterocycles. The van der Waals surface area contributed by atoms with Crippen LogP contribution in [0.1, 0.15) is 5.56 Å². The molecule has 1 aromatic heterocycles. The second-order valence-electron chi connectivity index (χ2n) is 3.33. The van der Waals surface area contributed by atoms with E-state index in [1.165, 1.54) is 11.6 Å². The van der Waals surface area contributed by atoms with E-state index in [1.54, 1.807) is 11.3 Å². The first-order valence-electron chi connectivity index (χ1n) is 4.78. The van der Waals surface area contributed by atoms with E-state index in [0.29, 0.717) is 6.54 Å². The summed E-state index contributed by atoms with van der Waals surface area (Å²) in [6.07, 6.45) is 2.02. The maximum absolute atomic E-state index is 10.9. The number of carbonyl (C=O) groups excluding carboxylic acids is 1. The molecular formula is C11H15NO2S. The Morgan fingerprint density at radius 3 is 3.07 bits per heavy atom. The second-order valence-corrected chi connectivity index (χ2v) is 4.11. The molecule has 0 aliphatic rings. The molecule has 1 amide bonds. The summed E-state index contributed by atoms with van der Waals surface area (Å²) in [6, 6.07) is 2.03. The van der Waals surface area contributed by atoms with Crippen molar-refractivity contribution in [1.82, 2.24) is 5.32 Å². The number of rotatable bonds is 6. The second kappa shape index (κ2) is 6.37. The third kappa shape index (κ3) is 4.27. The van der Waals surface area contributed by atoms with Crippen molar-refractivity contribution in [2.45, 2.75) is 6.42 Å². The fourth-order valence-electron chi connectivity index (χ4n) is 1.26. The molecule has 0 aromatic carbocycles. The maximum atomic E-state index is 10.9. The molecule has 0 radical (unpaired) electrons. The van der Waals surface area contributed by atoms with Crippen molar-refractivity contribution in [1.29, 1.82) is 0 Å². The number of nitrogens with one attached hydrogen (secondary N) is 1. The van der Waals surface area contributed by atoms with Gasteiger partial charge in [-0.05, 0) is 34.9 Å². The lowest BCUT2D eigenvalue weighted by Crippen LogP contribution is -2.30. The molecular weight excluding hydrogens is 210 g/mol. The Labute approximate surface area is 93.4 Å². The molecule has 2 N–H and O–H groups in total. The molecule has 0 spiro atoms. The minimum absolute atomic E-state index is 0.0727. The van der Waals surface area contributed by atoms with Gasteiger partial charge >= 0.3 is 0 Å². The zero-order valence-electron chi connectivity index (χ0n) is 8.48. The number of carbonyl (C=O) groups is 1. The van der Waals surface area contributed by atoms with E-state index in [4.69, 9.17) is 5.11 Å². The average Bonchev–Trinajstić information content (AvgIpc) is 2.76. The molecule has 0 bridgehead atoms. The van der Waals surface area contributed by atoms with Crippen LogP contribution in [0.25, 0.3) is 0 Å². The molecule has 1 aromatic rings. The minimum Gasteiger partial charge on any atom is -0.396 e. The van der Waals surface area contributed by atoms with Gasteiger partial charge in [-0.25, -0.2) is 0 Å². The number of aliphatic hydroxyl groups excluding tert-OH is 1. The lowest BCUT2D eigenvalue weighted by atomic mass is 10.0. The highest BCUT2D eigenvalue weighted by molar-refractivity contribution is 7.07. The van der Waals surface area contributed by atoms with E-state index in [9.17, 15) is 4.79 Å². The smallest absolute Gasteiger partial charge is 0.243 e. The third-order valence-electron chi connectivity index (χ3n) is 2.11. The summed E-state index contributed by atoms with van der Waals surface area (Å²) in [6.45, 7) is 3.93. The van der Waals surface area contributed by atoms with Crippen molar-refractivity contribution in [3.63, 3.8) is 0 Å². The van der Waals surface area contributed by atoms with Gasteiger partial charge in [-0.2, -0.15) is 11.3 Å². The van der Waals surface area contributed by atoms with Gasteiger partial charge in [-0.15, -0.1) is 0 Å². The average molecular weight is 225 g/mol. The van der Waals surface area contributed by atoms with Crippen LogP contribution in [0.3, 0.4) is 0 Å². The molecule has 0 saturated carbocycles. The van der Waals surface area contributed by atoms with E-state index in [2.05, 4.69) is 17.3 Å². The van der Waals surface area contributed by atoms with Crippen molar-refractivity contribution in [2.75, 3.05) is 13.2 Å². The number of hydrogen-bond acceptors (Lipinski definition) is 3. The van der Waals surface area contributed by atoms with Crippen LogP contribution in [0, 0.1) is 5.92 Å². The highest BCUT2D eigenvalue weighted by Gasteiger charge is 2.09.